The zero-order valence-corrected chi connectivity index (χ0v) is 14.8. The van der Waals surface area contributed by atoms with Gasteiger partial charge >= 0.3 is 5.63 Å². The lowest BCUT2D eigenvalue weighted by Gasteiger charge is -2.03. The van der Waals surface area contributed by atoms with Crippen LogP contribution < -0.4 is 11.4 Å². The molecule has 0 unspecified atom stereocenters. The lowest BCUT2D eigenvalue weighted by atomic mass is 10.2. The molecule has 0 aliphatic rings. The predicted molar refractivity (Wildman–Crippen MR) is 105 cm³/mol. The Kier molecular flexibility index (Phi) is 4.43. The van der Waals surface area contributed by atoms with E-state index in [1.54, 1.807) is 24.3 Å². The molecule has 0 radical (unpaired) electrons. The van der Waals surface area contributed by atoms with E-state index in [1.807, 2.05) is 30.3 Å². The number of rotatable bonds is 4. The molecule has 7 nitrogen and oxygen atoms in total. The van der Waals surface area contributed by atoms with Gasteiger partial charge < -0.3 is 10.2 Å². The summed E-state index contributed by atoms with van der Waals surface area (Å²) in [6, 6.07) is 16.4. The Bertz CT molecular complexity index is 1200. The number of nitrogens with zero attached hydrogens (tertiary/aromatic N) is 4. The van der Waals surface area contributed by atoms with Crippen LogP contribution in [0, 0.1) is 0 Å². The zero-order chi connectivity index (χ0) is 18.8. The smallest absolute Gasteiger partial charge is 0.362 e. The Hall–Kier alpha value is -3.45. The highest BCUT2D eigenvalue weighted by atomic mass is 35.5. The maximum atomic E-state index is 12.4. The van der Waals surface area contributed by atoms with E-state index in [2.05, 4.69) is 15.1 Å². The second kappa shape index (κ2) is 7.05. The molecule has 0 saturated carbocycles. The van der Waals surface area contributed by atoms with Gasteiger partial charge in [0.2, 0.25) is 0 Å². The predicted octanol–water partition coefficient (Wildman–Crippen LogP) is 3.27. The van der Waals surface area contributed by atoms with Crippen LogP contribution >= 0.6 is 11.6 Å². The van der Waals surface area contributed by atoms with Crippen molar-refractivity contribution in [1.29, 1.82) is 0 Å². The molecule has 0 fully saturated rings. The summed E-state index contributed by atoms with van der Waals surface area (Å²) < 4.78 is 6.84. The van der Waals surface area contributed by atoms with Gasteiger partial charge in [-0.1, -0.05) is 30.3 Å². The Morgan fingerprint density at radius 2 is 2.00 bits per heavy atom. The van der Waals surface area contributed by atoms with E-state index >= 15 is 0 Å². The van der Waals surface area contributed by atoms with Gasteiger partial charge in [-0.3, -0.25) is 0 Å². The lowest BCUT2D eigenvalue weighted by molar-refractivity contribution is 0.552. The zero-order valence-electron chi connectivity index (χ0n) is 14.0. The van der Waals surface area contributed by atoms with Crippen LogP contribution in [0.5, 0.6) is 0 Å². The first kappa shape index (κ1) is 17.0. The van der Waals surface area contributed by atoms with E-state index in [4.69, 9.17) is 21.8 Å². The van der Waals surface area contributed by atoms with Crippen LogP contribution in [0.15, 0.2) is 75.1 Å². The van der Waals surface area contributed by atoms with Gasteiger partial charge in [-0.05, 0) is 18.2 Å². The molecule has 2 N–H and O–H groups in total. The summed E-state index contributed by atoms with van der Waals surface area (Å²) in [7, 11) is 0. The van der Waals surface area contributed by atoms with Gasteiger partial charge in [0, 0.05) is 17.0 Å². The Morgan fingerprint density at radius 3 is 2.78 bits per heavy atom. The van der Waals surface area contributed by atoms with Crippen molar-refractivity contribution >= 4 is 34.1 Å². The Labute approximate surface area is 158 Å². The molecule has 0 spiro atoms. The van der Waals surface area contributed by atoms with Gasteiger partial charge in [0.05, 0.1) is 11.6 Å². The average molecular weight is 380 g/mol. The summed E-state index contributed by atoms with van der Waals surface area (Å²) >= 11 is 5.64. The molecule has 0 atom stereocenters. The van der Waals surface area contributed by atoms with Crippen molar-refractivity contribution in [2.75, 3.05) is 5.88 Å². The van der Waals surface area contributed by atoms with Gasteiger partial charge in [0.1, 0.15) is 17.7 Å². The highest BCUT2D eigenvalue weighted by Gasteiger charge is 2.11. The fourth-order valence-electron chi connectivity index (χ4n) is 2.61. The minimum Gasteiger partial charge on any atom is -0.421 e. The van der Waals surface area contributed by atoms with Crippen molar-refractivity contribution in [3.8, 4) is 17.1 Å². The molecule has 0 aliphatic carbocycles. The van der Waals surface area contributed by atoms with E-state index in [0.717, 1.165) is 10.9 Å². The summed E-state index contributed by atoms with van der Waals surface area (Å²) in [5.74, 6) is 0.930. The third kappa shape index (κ3) is 3.45. The molecule has 0 aliphatic heterocycles. The van der Waals surface area contributed by atoms with E-state index in [1.165, 1.54) is 11.0 Å². The largest absolute Gasteiger partial charge is 0.421 e. The van der Waals surface area contributed by atoms with Gasteiger partial charge in [0.15, 0.2) is 11.5 Å². The minimum atomic E-state index is -0.529. The summed E-state index contributed by atoms with van der Waals surface area (Å²) in [5, 5.41) is 5.11. The number of hydrogen-bond acceptors (Lipinski definition) is 5. The first-order chi connectivity index (χ1) is 13.1. The number of halogens is 1. The highest BCUT2D eigenvalue weighted by Crippen LogP contribution is 2.22. The number of nitrogens with two attached hydrogens (primary N) is 1. The summed E-state index contributed by atoms with van der Waals surface area (Å²) in [6.07, 6.45) is 1.49. The summed E-state index contributed by atoms with van der Waals surface area (Å²) in [5.41, 5.74) is 7.20. The number of benzene rings is 2. The van der Waals surface area contributed by atoms with Crippen LogP contribution in [0.4, 0.5) is 5.69 Å². The van der Waals surface area contributed by atoms with E-state index < -0.39 is 5.63 Å². The maximum absolute atomic E-state index is 12.4. The number of alkyl halides is 1. The van der Waals surface area contributed by atoms with Gasteiger partial charge in [-0.25, -0.2) is 19.5 Å². The number of aromatic nitrogens is 3. The Morgan fingerprint density at radius 1 is 1.19 bits per heavy atom. The van der Waals surface area contributed by atoms with E-state index in [0.29, 0.717) is 17.1 Å². The number of fused-ring (bicyclic) bond motifs is 1. The van der Waals surface area contributed by atoms with Crippen molar-refractivity contribution in [1.82, 2.24) is 14.8 Å². The van der Waals surface area contributed by atoms with Gasteiger partial charge in [-0.15, -0.1) is 16.7 Å². The molecule has 0 saturated heterocycles. The fourth-order valence-corrected chi connectivity index (χ4v) is 2.67. The SMILES string of the molecule is NC(CCl)=Nc1ccc2cc(-n3cnc(-c4ccccc4)n3)c(=O)oc2c1. The summed E-state index contributed by atoms with van der Waals surface area (Å²) in [4.78, 5) is 20.8. The van der Waals surface area contributed by atoms with Crippen molar-refractivity contribution in [3.63, 3.8) is 0 Å². The molecular weight excluding hydrogens is 366 g/mol. The topological polar surface area (TPSA) is 99.3 Å². The molecule has 2 aromatic heterocycles. The molecule has 0 bridgehead atoms. The molecule has 2 aromatic carbocycles. The second-order valence-electron chi connectivity index (χ2n) is 5.76. The number of hydrogen-bond donors (Lipinski definition) is 1. The quantitative estimate of drug-likeness (QED) is 0.254. The van der Waals surface area contributed by atoms with Crippen LogP contribution in [0.1, 0.15) is 0 Å². The first-order valence-electron chi connectivity index (χ1n) is 8.08. The standard InChI is InChI=1S/C19H14ClN5O2/c20-10-17(21)23-14-7-6-13-8-15(19(26)27-16(13)9-14)25-11-22-18(24-25)12-4-2-1-3-5-12/h1-9,11H,10H2,(H2,21,23). The number of amidine groups is 1. The monoisotopic (exact) mass is 379 g/mol. The van der Waals surface area contributed by atoms with Gasteiger partial charge in [0.25, 0.3) is 0 Å². The van der Waals surface area contributed by atoms with Crippen LogP contribution in [-0.2, 0) is 0 Å². The van der Waals surface area contributed by atoms with E-state index in [-0.39, 0.29) is 17.4 Å². The van der Waals surface area contributed by atoms with Crippen LogP contribution in [0.3, 0.4) is 0 Å². The normalized spacial score (nSPS) is 11.8. The molecule has 4 aromatic rings. The Balaban J connectivity index is 1.75. The first-order valence-corrected chi connectivity index (χ1v) is 8.62. The third-order valence-corrected chi connectivity index (χ3v) is 4.16. The maximum Gasteiger partial charge on any atom is 0.362 e. The van der Waals surface area contributed by atoms with Crippen molar-refractivity contribution in [2.24, 2.45) is 10.7 Å². The van der Waals surface area contributed by atoms with E-state index in [9.17, 15) is 4.79 Å². The number of aliphatic imine (C=N–C) groups is 1. The molecule has 134 valence electrons. The molecule has 27 heavy (non-hydrogen) atoms. The van der Waals surface area contributed by atoms with Gasteiger partial charge in [-0.2, -0.15) is 0 Å². The molecule has 4 rings (SSSR count). The fraction of sp³-hybridized carbons (Fsp3) is 0.0526. The third-order valence-electron chi connectivity index (χ3n) is 3.88. The summed E-state index contributed by atoms with van der Waals surface area (Å²) in [6.45, 7) is 0. The van der Waals surface area contributed by atoms with Crippen molar-refractivity contribution in [2.45, 2.75) is 0 Å². The van der Waals surface area contributed by atoms with Crippen LogP contribution in [0.25, 0.3) is 28.0 Å². The van der Waals surface area contributed by atoms with Crippen molar-refractivity contribution in [3.05, 3.63) is 71.3 Å². The molecule has 0 amide bonds. The van der Waals surface area contributed by atoms with Crippen molar-refractivity contribution < 1.29 is 4.42 Å². The molecular formula is C19H14ClN5O2. The van der Waals surface area contributed by atoms with Crippen LogP contribution in [-0.4, -0.2) is 26.5 Å². The second-order valence-corrected chi connectivity index (χ2v) is 6.02. The molecule has 2 heterocycles. The van der Waals surface area contributed by atoms with Crippen LogP contribution in [0.2, 0.25) is 0 Å². The molecule has 8 heteroatoms. The highest BCUT2D eigenvalue weighted by molar-refractivity contribution is 6.28. The lowest BCUT2D eigenvalue weighted by Crippen LogP contribution is -2.12. The average Bonchev–Trinajstić information content (AvgIpc) is 3.18. The minimum absolute atomic E-state index is 0.122.